The highest BCUT2D eigenvalue weighted by molar-refractivity contribution is 5.55. The predicted molar refractivity (Wildman–Crippen MR) is 67.3 cm³/mol. The summed E-state index contributed by atoms with van der Waals surface area (Å²) >= 11 is 0. The van der Waals surface area contributed by atoms with Crippen molar-refractivity contribution in [1.82, 2.24) is 10.1 Å². The van der Waals surface area contributed by atoms with Crippen molar-refractivity contribution in [2.75, 3.05) is 0 Å². The molecule has 0 aliphatic heterocycles. The molecule has 2 atom stereocenters. The molecule has 0 bridgehead atoms. The fourth-order valence-corrected chi connectivity index (χ4v) is 2.57. The third kappa shape index (κ3) is 2.78. The first-order valence-corrected chi connectivity index (χ1v) is 6.64. The fraction of sp³-hybridized carbons (Fsp3) is 0.429. The molecule has 1 aliphatic rings. The molecular formula is C14H13F3N2O2. The molecule has 0 amide bonds. The second-order valence-corrected chi connectivity index (χ2v) is 5.14. The van der Waals surface area contributed by atoms with Crippen molar-refractivity contribution in [2.45, 2.75) is 37.5 Å². The Morgan fingerprint density at radius 1 is 1.24 bits per heavy atom. The van der Waals surface area contributed by atoms with E-state index in [1.807, 2.05) is 0 Å². The van der Waals surface area contributed by atoms with Gasteiger partial charge in [0.1, 0.15) is 0 Å². The van der Waals surface area contributed by atoms with Crippen LogP contribution in [0.25, 0.3) is 11.4 Å². The normalized spacial score (nSPS) is 22.7. The van der Waals surface area contributed by atoms with Crippen molar-refractivity contribution < 1.29 is 22.8 Å². The van der Waals surface area contributed by atoms with Crippen LogP contribution in [0.15, 0.2) is 28.8 Å². The summed E-state index contributed by atoms with van der Waals surface area (Å²) in [5.74, 6) is 0.166. The third-order valence-corrected chi connectivity index (χ3v) is 3.69. The smallest absolute Gasteiger partial charge is 0.392 e. The number of rotatable bonds is 2. The molecule has 3 rings (SSSR count). The number of halogens is 3. The zero-order valence-corrected chi connectivity index (χ0v) is 11.0. The maximum absolute atomic E-state index is 12.7. The van der Waals surface area contributed by atoms with Gasteiger partial charge in [-0.25, -0.2) is 0 Å². The second-order valence-electron chi connectivity index (χ2n) is 5.14. The van der Waals surface area contributed by atoms with Crippen LogP contribution in [0, 0.1) is 0 Å². The molecule has 0 radical (unpaired) electrons. The molecule has 2 aromatic rings. The molecular weight excluding hydrogens is 285 g/mol. The average molecular weight is 298 g/mol. The highest BCUT2D eigenvalue weighted by Crippen LogP contribution is 2.35. The first-order valence-electron chi connectivity index (χ1n) is 6.64. The van der Waals surface area contributed by atoms with E-state index in [4.69, 9.17) is 4.52 Å². The van der Waals surface area contributed by atoms with Gasteiger partial charge in [-0.15, -0.1) is 0 Å². The van der Waals surface area contributed by atoms with E-state index in [1.54, 1.807) is 0 Å². The van der Waals surface area contributed by atoms with Crippen molar-refractivity contribution in [3.05, 3.63) is 35.7 Å². The van der Waals surface area contributed by atoms with Gasteiger partial charge >= 0.3 is 6.18 Å². The second kappa shape index (κ2) is 5.14. The first kappa shape index (κ1) is 14.1. The molecule has 1 saturated carbocycles. The molecule has 4 nitrogen and oxygen atoms in total. The lowest BCUT2D eigenvalue weighted by Gasteiger charge is -2.08. The fourth-order valence-electron chi connectivity index (χ4n) is 2.57. The van der Waals surface area contributed by atoms with E-state index in [9.17, 15) is 18.3 Å². The molecule has 1 N–H and O–H groups in total. The maximum atomic E-state index is 12.7. The molecule has 1 aromatic heterocycles. The molecule has 2 unspecified atom stereocenters. The SMILES string of the molecule is OC1CCCC1c1nc(-c2cccc(C(F)(F)F)c2)no1. The Kier molecular flexibility index (Phi) is 3.44. The Hall–Kier alpha value is -1.89. The van der Waals surface area contributed by atoms with Gasteiger partial charge in [0.2, 0.25) is 11.7 Å². The average Bonchev–Trinajstić information content (AvgIpc) is 3.06. The van der Waals surface area contributed by atoms with Crippen molar-refractivity contribution in [3.8, 4) is 11.4 Å². The lowest BCUT2D eigenvalue weighted by molar-refractivity contribution is -0.137. The van der Waals surface area contributed by atoms with Crippen LogP contribution >= 0.6 is 0 Å². The molecule has 112 valence electrons. The summed E-state index contributed by atoms with van der Waals surface area (Å²) in [7, 11) is 0. The Labute approximate surface area is 118 Å². The summed E-state index contributed by atoms with van der Waals surface area (Å²) in [4.78, 5) is 4.13. The van der Waals surface area contributed by atoms with Gasteiger partial charge in [0.25, 0.3) is 0 Å². The molecule has 1 fully saturated rings. The Balaban J connectivity index is 1.90. The number of aliphatic hydroxyl groups is 1. The van der Waals surface area contributed by atoms with Crippen LogP contribution in [-0.4, -0.2) is 21.4 Å². The van der Waals surface area contributed by atoms with Crippen molar-refractivity contribution in [2.24, 2.45) is 0 Å². The number of aliphatic hydroxyl groups excluding tert-OH is 1. The van der Waals surface area contributed by atoms with Crippen LogP contribution in [0.5, 0.6) is 0 Å². The number of hydrogen-bond acceptors (Lipinski definition) is 4. The van der Waals surface area contributed by atoms with E-state index in [0.29, 0.717) is 6.42 Å². The quantitative estimate of drug-likeness (QED) is 0.923. The van der Waals surface area contributed by atoms with Crippen LogP contribution < -0.4 is 0 Å². The Morgan fingerprint density at radius 2 is 2.05 bits per heavy atom. The van der Waals surface area contributed by atoms with Crippen molar-refractivity contribution >= 4 is 0 Å². The summed E-state index contributed by atoms with van der Waals surface area (Å²) in [5.41, 5.74) is -0.514. The van der Waals surface area contributed by atoms with Gasteiger partial charge in [0.05, 0.1) is 17.6 Å². The topological polar surface area (TPSA) is 59.2 Å². The van der Waals surface area contributed by atoms with Crippen molar-refractivity contribution in [1.29, 1.82) is 0 Å². The van der Waals surface area contributed by atoms with E-state index in [2.05, 4.69) is 10.1 Å². The summed E-state index contributed by atoms with van der Waals surface area (Å²) in [6.45, 7) is 0. The van der Waals surface area contributed by atoms with E-state index in [0.717, 1.165) is 25.0 Å². The number of alkyl halides is 3. The highest BCUT2D eigenvalue weighted by atomic mass is 19.4. The van der Waals surface area contributed by atoms with Crippen LogP contribution in [0.1, 0.15) is 36.6 Å². The minimum absolute atomic E-state index is 0.107. The van der Waals surface area contributed by atoms with Gasteiger partial charge < -0.3 is 9.63 Å². The zero-order valence-electron chi connectivity index (χ0n) is 11.0. The number of nitrogens with zero attached hydrogens (tertiary/aromatic N) is 2. The molecule has 1 heterocycles. The third-order valence-electron chi connectivity index (χ3n) is 3.69. The van der Waals surface area contributed by atoms with Crippen LogP contribution in [0.2, 0.25) is 0 Å². The van der Waals surface area contributed by atoms with Gasteiger partial charge in [-0.3, -0.25) is 0 Å². The van der Waals surface area contributed by atoms with Gasteiger partial charge in [0.15, 0.2) is 0 Å². The summed E-state index contributed by atoms with van der Waals surface area (Å²) < 4.78 is 43.2. The maximum Gasteiger partial charge on any atom is 0.416 e. The Morgan fingerprint density at radius 3 is 2.71 bits per heavy atom. The molecule has 21 heavy (non-hydrogen) atoms. The van der Waals surface area contributed by atoms with Gasteiger partial charge in [0, 0.05) is 5.56 Å². The standard InChI is InChI=1S/C14H13F3N2O2/c15-14(16,17)9-4-1-3-8(7-9)12-18-13(21-19-12)10-5-2-6-11(10)20/h1,3-4,7,10-11,20H,2,5-6H2. The van der Waals surface area contributed by atoms with E-state index >= 15 is 0 Å². The predicted octanol–water partition coefficient (Wildman–Crippen LogP) is 3.38. The first-order chi connectivity index (χ1) is 9.95. The molecule has 1 aromatic carbocycles. The molecule has 0 saturated heterocycles. The largest absolute Gasteiger partial charge is 0.416 e. The van der Waals surface area contributed by atoms with Gasteiger partial charge in [-0.2, -0.15) is 18.2 Å². The lowest BCUT2D eigenvalue weighted by atomic mass is 10.1. The Bertz CT molecular complexity index is 639. The minimum atomic E-state index is -4.41. The minimum Gasteiger partial charge on any atom is -0.392 e. The van der Waals surface area contributed by atoms with Crippen LogP contribution in [0.3, 0.4) is 0 Å². The lowest BCUT2D eigenvalue weighted by Crippen LogP contribution is -2.11. The van der Waals surface area contributed by atoms with E-state index in [1.165, 1.54) is 12.1 Å². The van der Waals surface area contributed by atoms with E-state index < -0.39 is 17.8 Å². The molecule has 7 heteroatoms. The summed E-state index contributed by atoms with van der Waals surface area (Å²) in [5, 5.41) is 13.5. The molecule has 0 spiro atoms. The van der Waals surface area contributed by atoms with Crippen molar-refractivity contribution in [3.63, 3.8) is 0 Å². The van der Waals surface area contributed by atoms with E-state index in [-0.39, 0.29) is 23.2 Å². The van der Waals surface area contributed by atoms with Crippen LogP contribution in [0.4, 0.5) is 13.2 Å². The molecule has 1 aliphatic carbocycles. The van der Waals surface area contributed by atoms with Gasteiger partial charge in [-0.1, -0.05) is 17.3 Å². The number of benzene rings is 1. The summed E-state index contributed by atoms with van der Waals surface area (Å²) in [6, 6.07) is 4.78. The number of hydrogen-bond donors (Lipinski definition) is 1. The van der Waals surface area contributed by atoms with Crippen LogP contribution in [-0.2, 0) is 6.18 Å². The zero-order chi connectivity index (χ0) is 15.0. The highest BCUT2D eigenvalue weighted by Gasteiger charge is 2.33. The monoisotopic (exact) mass is 298 g/mol. The number of aromatic nitrogens is 2. The van der Waals surface area contributed by atoms with Gasteiger partial charge in [-0.05, 0) is 31.4 Å². The summed E-state index contributed by atoms with van der Waals surface area (Å²) in [6.07, 6.45) is -2.66.